The van der Waals surface area contributed by atoms with E-state index < -0.39 is 0 Å². The lowest BCUT2D eigenvalue weighted by Gasteiger charge is -2.19. The highest BCUT2D eigenvalue weighted by molar-refractivity contribution is 14.1. The van der Waals surface area contributed by atoms with Crippen molar-refractivity contribution in [3.8, 4) is 0 Å². The third-order valence-electron chi connectivity index (χ3n) is 2.32. The minimum Gasteiger partial charge on any atom is -0.383 e. The standard InChI is InChI=1S/C12H18INO/c1-9(8-15-3)14-10(2)11-4-6-12(13)7-5-11/h4-7,9-10,14H,8H2,1-3H3. The second-order valence-corrected chi connectivity index (χ2v) is 5.04. The summed E-state index contributed by atoms with van der Waals surface area (Å²) >= 11 is 2.32. The highest BCUT2D eigenvalue weighted by atomic mass is 127. The number of nitrogens with one attached hydrogen (secondary N) is 1. The van der Waals surface area contributed by atoms with Gasteiger partial charge in [-0.1, -0.05) is 12.1 Å². The molecule has 1 aromatic rings. The molecule has 3 heteroatoms. The number of rotatable bonds is 5. The van der Waals surface area contributed by atoms with Crippen LogP contribution in [0, 0.1) is 3.57 Å². The minimum absolute atomic E-state index is 0.368. The summed E-state index contributed by atoms with van der Waals surface area (Å²) in [6, 6.07) is 9.35. The summed E-state index contributed by atoms with van der Waals surface area (Å²) in [5.41, 5.74) is 1.32. The Balaban J connectivity index is 2.53. The van der Waals surface area contributed by atoms with E-state index in [9.17, 15) is 0 Å². The van der Waals surface area contributed by atoms with E-state index in [4.69, 9.17) is 4.74 Å². The molecule has 0 aliphatic carbocycles. The second-order valence-electron chi connectivity index (χ2n) is 3.80. The predicted molar refractivity (Wildman–Crippen MR) is 72.0 cm³/mol. The molecule has 1 N–H and O–H groups in total. The van der Waals surface area contributed by atoms with E-state index in [1.54, 1.807) is 7.11 Å². The number of benzene rings is 1. The highest BCUT2D eigenvalue weighted by Gasteiger charge is 2.08. The molecule has 84 valence electrons. The Morgan fingerprint density at radius 2 is 1.87 bits per heavy atom. The molecule has 0 aromatic heterocycles. The van der Waals surface area contributed by atoms with Crippen molar-refractivity contribution < 1.29 is 4.74 Å². The number of halogens is 1. The Morgan fingerprint density at radius 1 is 1.27 bits per heavy atom. The Hall–Kier alpha value is -0.130. The molecule has 0 saturated carbocycles. The number of ether oxygens (including phenoxy) is 1. The molecule has 2 nitrogen and oxygen atoms in total. The molecule has 0 radical (unpaired) electrons. The summed E-state index contributed by atoms with van der Waals surface area (Å²) in [6.45, 7) is 5.05. The quantitative estimate of drug-likeness (QED) is 0.843. The van der Waals surface area contributed by atoms with Gasteiger partial charge in [-0.2, -0.15) is 0 Å². The number of hydrogen-bond acceptors (Lipinski definition) is 2. The molecule has 15 heavy (non-hydrogen) atoms. The molecule has 0 bridgehead atoms. The van der Waals surface area contributed by atoms with Gasteiger partial charge in [-0.25, -0.2) is 0 Å². The zero-order valence-electron chi connectivity index (χ0n) is 9.46. The average molecular weight is 319 g/mol. The molecule has 0 heterocycles. The second kappa shape index (κ2) is 6.45. The molecular formula is C12H18INO. The van der Waals surface area contributed by atoms with Crippen molar-refractivity contribution in [1.82, 2.24) is 5.32 Å². The summed E-state index contributed by atoms with van der Waals surface area (Å²) in [6.07, 6.45) is 0. The summed E-state index contributed by atoms with van der Waals surface area (Å²) in [7, 11) is 1.73. The van der Waals surface area contributed by atoms with Gasteiger partial charge < -0.3 is 10.1 Å². The summed E-state index contributed by atoms with van der Waals surface area (Å²) in [4.78, 5) is 0. The van der Waals surface area contributed by atoms with Crippen LogP contribution in [0.25, 0.3) is 0 Å². The molecule has 0 aliphatic rings. The van der Waals surface area contributed by atoms with Crippen molar-refractivity contribution in [2.24, 2.45) is 0 Å². The molecule has 0 aliphatic heterocycles. The van der Waals surface area contributed by atoms with Crippen molar-refractivity contribution in [3.63, 3.8) is 0 Å². The monoisotopic (exact) mass is 319 g/mol. The van der Waals surface area contributed by atoms with Crippen LogP contribution >= 0.6 is 22.6 Å². The van der Waals surface area contributed by atoms with Crippen molar-refractivity contribution in [3.05, 3.63) is 33.4 Å². The molecule has 0 spiro atoms. The van der Waals surface area contributed by atoms with Gasteiger partial charge in [0, 0.05) is 22.8 Å². The lowest BCUT2D eigenvalue weighted by atomic mass is 10.1. The predicted octanol–water partition coefficient (Wildman–Crippen LogP) is 2.98. The molecule has 0 fully saturated rings. The molecule has 2 unspecified atom stereocenters. The first kappa shape index (κ1) is 12.9. The lowest BCUT2D eigenvalue weighted by molar-refractivity contribution is 0.168. The van der Waals surface area contributed by atoms with Crippen molar-refractivity contribution in [2.75, 3.05) is 13.7 Å². The maximum atomic E-state index is 5.10. The van der Waals surface area contributed by atoms with Crippen LogP contribution in [0.4, 0.5) is 0 Å². The Bertz CT molecular complexity index is 286. The first-order chi connectivity index (χ1) is 7.13. The van der Waals surface area contributed by atoms with Gasteiger partial charge in [-0.05, 0) is 54.1 Å². The van der Waals surface area contributed by atoms with E-state index in [0.29, 0.717) is 12.1 Å². The van der Waals surface area contributed by atoms with Gasteiger partial charge in [0.25, 0.3) is 0 Å². The molecule has 2 atom stereocenters. The highest BCUT2D eigenvalue weighted by Crippen LogP contribution is 2.14. The summed E-state index contributed by atoms with van der Waals surface area (Å²) in [5, 5.41) is 3.49. The largest absolute Gasteiger partial charge is 0.383 e. The first-order valence-electron chi connectivity index (χ1n) is 5.14. The van der Waals surface area contributed by atoms with E-state index in [1.165, 1.54) is 9.13 Å². The fourth-order valence-corrected chi connectivity index (χ4v) is 1.93. The van der Waals surface area contributed by atoms with Crippen LogP contribution < -0.4 is 5.32 Å². The smallest absolute Gasteiger partial charge is 0.0613 e. The van der Waals surface area contributed by atoms with Crippen LogP contribution in [0.3, 0.4) is 0 Å². The van der Waals surface area contributed by atoms with Crippen LogP contribution in [0.15, 0.2) is 24.3 Å². The Kier molecular flexibility index (Phi) is 5.56. The topological polar surface area (TPSA) is 21.3 Å². The first-order valence-corrected chi connectivity index (χ1v) is 6.21. The van der Waals surface area contributed by atoms with E-state index in [-0.39, 0.29) is 0 Å². The normalized spacial score (nSPS) is 14.9. The molecule has 0 saturated heterocycles. The van der Waals surface area contributed by atoms with Gasteiger partial charge >= 0.3 is 0 Å². The van der Waals surface area contributed by atoms with Crippen molar-refractivity contribution in [1.29, 1.82) is 0 Å². The van der Waals surface area contributed by atoms with Gasteiger partial charge in [-0.3, -0.25) is 0 Å². The third kappa shape index (κ3) is 4.49. The van der Waals surface area contributed by atoms with Crippen LogP contribution in [-0.2, 0) is 4.74 Å². The van der Waals surface area contributed by atoms with E-state index >= 15 is 0 Å². The van der Waals surface area contributed by atoms with E-state index in [1.807, 2.05) is 0 Å². The van der Waals surface area contributed by atoms with Crippen LogP contribution in [0.2, 0.25) is 0 Å². The maximum Gasteiger partial charge on any atom is 0.0613 e. The fraction of sp³-hybridized carbons (Fsp3) is 0.500. The third-order valence-corrected chi connectivity index (χ3v) is 3.04. The SMILES string of the molecule is COCC(C)NC(C)c1ccc(I)cc1. The number of methoxy groups -OCH3 is 1. The molecular weight excluding hydrogens is 301 g/mol. The van der Waals surface area contributed by atoms with Crippen LogP contribution in [0.5, 0.6) is 0 Å². The summed E-state index contributed by atoms with van der Waals surface area (Å²) < 4.78 is 6.37. The molecule has 0 amide bonds. The van der Waals surface area contributed by atoms with Crippen molar-refractivity contribution >= 4 is 22.6 Å². The average Bonchev–Trinajstić information content (AvgIpc) is 2.18. The Morgan fingerprint density at radius 3 is 2.40 bits per heavy atom. The van der Waals surface area contributed by atoms with Gasteiger partial charge in [0.15, 0.2) is 0 Å². The van der Waals surface area contributed by atoms with E-state index in [0.717, 1.165) is 6.61 Å². The van der Waals surface area contributed by atoms with Crippen LogP contribution in [0.1, 0.15) is 25.5 Å². The van der Waals surface area contributed by atoms with Crippen molar-refractivity contribution in [2.45, 2.75) is 25.9 Å². The zero-order valence-corrected chi connectivity index (χ0v) is 11.6. The van der Waals surface area contributed by atoms with Gasteiger partial charge in [0.05, 0.1) is 6.61 Å². The lowest BCUT2D eigenvalue weighted by Crippen LogP contribution is -2.32. The van der Waals surface area contributed by atoms with Gasteiger partial charge in [-0.15, -0.1) is 0 Å². The summed E-state index contributed by atoms with van der Waals surface area (Å²) in [5.74, 6) is 0. The molecule has 1 aromatic carbocycles. The Labute approximate surface area is 106 Å². The minimum atomic E-state index is 0.368. The molecule has 1 rings (SSSR count). The fourth-order valence-electron chi connectivity index (χ4n) is 1.57. The van der Waals surface area contributed by atoms with Crippen LogP contribution in [-0.4, -0.2) is 19.8 Å². The van der Waals surface area contributed by atoms with Gasteiger partial charge in [0.2, 0.25) is 0 Å². The van der Waals surface area contributed by atoms with E-state index in [2.05, 4.69) is 66.0 Å². The number of hydrogen-bond donors (Lipinski definition) is 1. The maximum absolute atomic E-state index is 5.10. The zero-order chi connectivity index (χ0) is 11.3. The van der Waals surface area contributed by atoms with Gasteiger partial charge in [0.1, 0.15) is 0 Å².